The van der Waals surface area contributed by atoms with Gasteiger partial charge in [-0.05, 0) is 25.1 Å². The number of fused-ring (bicyclic) bond motifs is 3. The lowest BCUT2D eigenvalue weighted by Gasteiger charge is -2.40. The summed E-state index contributed by atoms with van der Waals surface area (Å²) in [6.45, 7) is 3.02. The number of rotatable bonds is 2. The first kappa shape index (κ1) is 16.8. The zero-order valence-electron chi connectivity index (χ0n) is 15.6. The average Bonchev–Trinajstić information content (AvgIpc) is 3.25. The van der Waals surface area contributed by atoms with Gasteiger partial charge in [-0.25, -0.2) is 0 Å². The van der Waals surface area contributed by atoms with Crippen molar-refractivity contribution in [2.24, 2.45) is 0 Å². The normalized spacial score (nSPS) is 20.2. The van der Waals surface area contributed by atoms with Crippen molar-refractivity contribution >= 4 is 11.8 Å². The molecule has 0 N–H and O–H groups in total. The summed E-state index contributed by atoms with van der Waals surface area (Å²) in [6, 6.07) is 25.1. The fraction of sp³-hybridized carbons (Fsp3) is 0.167. The highest BCUT2D eigenvalue weighted by Crippen LogP contribution is 2.49. The molecule has 1 atom stereocenters. The summed E-state index contributed by atoms with van der Waals surface area (Å²) in [7, 11) is 0. The van der Waals surface area contributed by atoms with E-state index in [1.165, 1.54) is 0 Å². The van der Waals surface area contributed by atoms with Crippen LogP contribution in [0.3, 0.4) is 0 Å². The van der Waals surface area contributed by atoms with Gasteiger partial charge in [0, 0.05) is 35.3 Å². The topological polar surface area (TPSA) is 40.6 Å². The Bertz CT molecular complexity index is 1080. The van der Waals surface area contributed by atoms with E-state index < -0.39 is 5.66 Å². The number of aryl methyl sites for hydroxylation is 1. The van der Waals surface area contributed by atoms with Crippen LogP contribution in [-0.4, -0.2) is 34.7 Å². The number of hydrogen-bond donors (Lipinski definition) is 0. The Labute approximate surface area is 164 Å². The van der Waals surface area contributed by atoms with Gasteiger partial charge in [-0.1, -0.05) is 66.2 Å². The first-order chi connectivity index (χ1) is 13.6. The van der Waals surface area contributed by atoms with Crippen molar-refractivity contribution in [2.75, 3.05) is 13.1 Å². The van der Waals surface area contributed by atoms with E-state index in [-0.39, 0.29) is 11.8 Å². The molecule has 1 saturated heterocycles. The Morgan fingerprint density at radius 2 is 1.54 bits per heavy atom. The lowest BCUT2D eigenvalue weighted by Crippen LogP contribution is -2.51. The average molecular weight is 368 g/mol. The quantitative estimate of drug-likeness (QED) is 0.690. The minimum absolute atomic E-state index is 0.0151. The minimum atomic E-state index is -0.892. The summed E-state index contributed by atoms with van der Waals surface area (Å²) in [5.74, 6) is -0.0745. The molecule has 2 aliphatic heterocycles. The zero-order chi connectivity index (χ0) is 19.3. The van der Waals surface area contributed by atoms with Gasteiger partial charge in [-0.15, -0.1) is 0 Å². The van der Waals surface area contributed by atoms with Crippen LogP contribution in [0.5, 0.6) is 0 Å². The van der Waals surface area contributed by atoms with Crippen LogP contribution in [0.2, 0.25) is 0 Å². The van der Waals surface area contributed by atoms with E-state index >= 15 is 0 Å². The van der Waals surface area contributed by atoms with Crippen molar-refractivity contribution in [3.8, 4) is 0 Å². The SMILES string of the molecule is Cc1ccc(C(=O)N2CCN3C(=O)c4ccccc4[C@]23c2ccccc2)cc1. The predicted octanol–water partition coefficient (Wildman–Crippen LogP) is 3.81. The Kier molecular flexibility index (Phi) is 3.63. The second kappa shape index (κ2) is 6.06. The number of benzene rings is 3. The summed E-state index contributed by atoms with van der Waals surface area (Å²) in [5, 5.41) is 0. The maximum atomic E-state index is 13.6. The van der Waals surface area contributed by atoms with E-state index in [0.29, 0.717) is 24.2 Å². The van der Waals surface area contributed by atoms with Gasteiger partial charge in [0.05, 0.1) is 0 Å². The lowest BCUT2D eigenvalue weighted by molar-refractivity contribution is 0.0375. The molecule has 0 bridgehead atoms. The molecule has 5 rings (SSSR count). The van der Waals surface area contributed by atoms with Crippen LogP contribution < -0.4 is 0 Å². The Balaban J connectivity index is 1.74. The number of nitrogens with zero attached hydrogens (tertiary/aromatic N) is 2. The molecule has 0 spiro atoms. The number of carbonyl (C=O) groups is 2. The summed E-state index contributed by atoms with van der Waals surface area (Å²) in [5.41, 5.74) is 3.35. The molecular weight excluding hydrogens is 348 g/mol. The Hall–Kier alpha value is -3.40. The minimum Gasteiger partial charge on any atom is -0.306 e. The monoisotopic (exact) mass is 368 g/mol. The number of hydrogen-bond acceptors (Lipinski definition) is 2. The Morgan fingerprint density at radius 1 is 0.857 bits per heavy atom. The highest BCUT2D eigenvalue weighted by atomic mass is 16.2. The summed E-state index contributed by atoms with van der Waals surface area (Å²) >= 11 is 0. The van der Waals surface area contributed by atoms with E-state index in [4.69, 9.17) is 0 Å². The van der Waals surface area contributed by atoms with E-state index in [1.54, 1.807) is 0 Å². The van der Waals surface area contributed by atoms with Crippen LogP contribution in [0.1, 0.15) is 37.4 Å². The maximum Gasteiger partial charge on any atom is 0.256 e. The molecular formula is C24H20N2O2. The second-order valence-electron chi connectivity index (χ2n) is 7.36. The van der Waals surface area contributed by atoms with Crippen molar-refractivity contribution in [3.05, 3.63) is 107 Å². The van der Waals surface area contributed by atoms with Crippen molar-refractivity contribution < 1.29 is 9.59 Å². The second-order valence-corrected chi connectivity index (χ2v) is 7.36. The van der Waals surface area contributed by atoms with Crippen LogP contribution in [0.25, 0.3) is 0 Å². The van der Waals surface area contributed by atoms with E-state index in [0.717, 1.165) is 16.7 Å². The van der Waals surface area contributed by atoms with Crippen molar-refractivity contribution in [2.45, 2.75) is 12.6 Å². The molecule has 0 aromatic heterocycles. The van der Waals surface area contributed by atoms with Gasteiger partial charge in [0.25, 0.3) is 11.8 Å². The Morgan fingerprint density at radius 3 is 2.29 bits per heavy atom. The highest BCUT2D eigenvalue weighted by molar-refractivity contribution is 6.03. The molecule has 0 unspecified atom stereocenters. The molecule has 2 aliphatic rings. The van der Waals surface area contributed by atoms with Crippen molar-refractivity contribution in [1.82, 2.24) is 9.80 Å². The van der Waals surface area contributed by atoms with E-state index in [9.17, 15) is 9.59 Å². The third-order valence-corrected chi connectivity index (χ3v) is 5.83. The maximum absolute atomic E-state index is 13.6. The first-order valence-corrected chi connectivity index (χ1v) is 9.49. The number of amides is 2. The van der Waals surface area contributed by atoms with Gasteiger partial charge in [0.1, 0.15) is 0 Å². The lowest BCUT2D eigenvalue weighted by atomic mass is 9.89. The van der Waals surface area contributed by atoms with Gasteiger partial charge < -0.3 is 9.80 Å². The summed E-state index contributed by atoms with van der Waals surface area (Å²) in [6.07, 6.45) is 0. The van der Waals surface area contributed by atoms with Gasteiger partial charge in [0.2, 0.25) is 0 Å². The standard InChI is InChI=1S/C24H20N2O2/c1-17-11-13-18(14-12-17)22(27)25-15-16-26-23(28)20-9-5-6-10-21(20)24(25,26)19-7-3-2-4-8-19/h2-14H,15-16H2,1H3/t24-/m1/s1. The van der Waals surface area contributed by atoms with E-state index in [1.807, 2.05) is 95.6 Å². The fourth-order valence-electron chi connectivity index (χ4n) is 4.57. The first-order valence-electron chi connectivity index (χ1n) is 9.49. The van der Waals surface area contributed by atoms with Crippen LogP contribution in [-0.2, 0) is 5.66 Å². The van der Waals surface area contributed by atoms with Gasteiger partial charge >= 0.3 is 0 Å². The molecule has 1 fully saturated rings. The summed E-state index contributed by atoms with van der Waals surface area (Å²) < 4.78 is 0. The van der Waals surface area contributed by atoms with Gasteiger partial charge in [0.15, 0.2) is 5.66 Å². The third-order valence-electron chi connectivity index (χ3n) is 5.83. The third kappa shape index (κ3) is 2.12. The highest BCUT2D eigenvalue weighted by Gasteiger charge is 2.59. The van der Waals surface area contributed by atoms with Crippen LogP contribution in [0, 0.1) is 6.92 Å². The molecule has 138 valence electrons. The molecule has 3 aromatic carbocycles. The molecule has 0 aliphatic carbocycles. The number of carbonyl (C=O) groups excluding carboxylic acids is 2. The predicted molar refractivity (Wildman–Crippen MR) is 107 cm³/mol. The van der Waals surface area contributed by atoms with Gasteiger partial charge in [-0.3, -0.25) is 9.59 Å². The fourth-order valence-corrected chi connectivity index (χ4v) is 4.57. The van der Waals surface area contributed by atoms with Crippen LogP contribution in [0.4, 0.5) is 0 Å². The molecule has 2 heterocycles. The van der Waals surface area contributed by atoms with Crippen LogP contribution >= 0.6 is 0 Å². The smallest absolute Gasteiger partial charge is 0.256 e. The summed E-state index contributed by atoms with van der Waals surface area (Å²) in [4.78, 5) is 30.5. The largest absolute Gasteiger partial charge is 0.306 e. The molecule has 28 heavy (non-hydrogen) atoms. The molecule has 4 heteroatoms. The van der Waals surface area contributed by atoms with E-state index in [2.05, 4.69) is 0 Å². The molecule has 0 radical (unpaired) electrons. The molecule has 0 saturated carbocycles. The van der Waals surface area contributed by atoms with Gasteiger partial charge in [-0.2, -0.15) is 0 Å². The van der Waals surface area contributed by atoms with Crippen molar-refractivity contribution in [3.63, 3.8) is 0 Å². The molecule has 3 aromatic rings. The molecule has 2 amide bonds. The molecule has 4 nitrogen and oxygen atoms in total. The van der Waals surface area contributed by atoms with Crippen LogP contribution in [0.15, 0.2) is 78.9 Å². The van der Waals surface area contributed by atoms with Crippen molar-refractivity contribution in [1.29, 1.82) is 0 Å². The zero-order valence-corrected chi connectivity index (χ0v) is 15.6.